The molecule has 1 unspecified atom stereocenters. The second-order valence-corrected chi connectivity index (χ2v) is 5.47. The van der Waals surface area contributed by atoms with Crippen molar-refractivity contribution in [2.45, 2.75) is 58.5 Å². The van der Waals surface area contributed by atoms with Crippen molar-refractivity contribution in [3.63, 3.8) is 0 Å². The van der Waals surface area contributed by atoms with Gasteiger partial charge in [0.2, 0.25) is 5.91 Å². The van der Waals surface area contributed by atoms with Crippen LogP contribution >= 0.6 is 0 Å². The Morgan fingerprint density at radius 2 is 2.17 bits per heavy atom. The van der Waals surface area contributed by atoms with Crippen molar-refractivity contribution >= 4 is 5.91 Å². The van der Waals surface area contributed by atoms with Crippen LogP contribution in [0.4, 0.5) is 0 Å². The zero-order valence-electron chi connectivity index (χ0n) is 11.9. The van der Waals surface area contributed by atoms with Gasteiger partial charge in [-0.2, -0.15) is 0 Å². The molecule has 0 aromatic carbocycles. The lowest BCUT2D eigenvalue weighted by atomic mass is 10.2. The lowest BCUT2D eigenvalue weighted by Crippen LogP contribution is -2.34. The van der Waals surface area contributed by atoms with Crippen molar-refractivity contribution in [1.82, 2.24) is 10.6 Å². The van der Waals surface area contributed by atoms with E-state index in [0.29, 0.717) is 25.6 Å². The summed E-state index contributed by atoms with van der Waals surface area (Å²) in [6.45, 7) is 9.90. The van der Waals surface area contributed by atoms with Gasteiger partial charge in [0.05, 0.1) is 6.61 Å². The molecule has 106 valence electrons. The van der Waals surface area contributed by atoms with Gasteiger partial charge < -0.3 is 20.1 Å². The molecule has 0 aliphatic carbocycles. The van der Waals surface area contributed by atoms with Crippen molar-refractivity contribution in [3.8, 4) is 0 Å². The molecule has 1 aliphatic heterocycles. The molecule has 0 spiro atoms. The van der Waals surface area contributed by atoms with Crippen LogP contribution in [0.5, 0.6) is 0 Å². The topological polar surface area (TPSA) is 59.6 Å². The Kier molecular flexibility index (Phi) is 6.05. The normalized spacial score (nSPS) is 22.4. The quantitative estimate of drug-likeness (QED) is 0.670. The van der Waals surface area contributed by atoms with E-state index < -0.39 is 5.79 Å². The second kappa shape index (κ2) is 7.07. The SMILES string of the molecule is CC(C)NCCCC(=O)NCC1COC(C)(C)O1. The Balaban J connectivity index is 2.04. The lowest BCUT2D eigenvalue weighted by molar-refractivity contribution is -0.139. The molecule has 1 aliphatic rings. The lowest BCUT2D eigenvalue weighted by Gasteiger charge is -2.17. The third kappa shape index (κ3) is 6.33. The molecule has 1 rings (SSSR count). The van der Waals surface area contributed by atoms with Gasteiger partial charge in [-0.05, 0) is 26.8 Å². The Hall–Kier alpha value is -0.650. The van der Waals surface area contributed by atoms with Gasteiger partial charge in [-0.3, -0.25) is 4.79 Å². The average molecular weight is 258 g/mol. The zero-order chi connectivity index (χ0) is 13.6. The van der Waals surface area contributed by atoms with Gasteiger partial charge in [0.1, 0.15) is 6.10 Å². The highest BCUT2D eigenvalue weighted by Crippen LogP contribution is 2.21. The van der Waals surface area contributed by atoms with E-state index in [1.807, 2.05) is 13.8 Å². The van der Waals surface area contributed by atoms with Crippen molar-refractivity contribution in [3.05, 3.63) is 0 Å². The van der Waals surface area contributed by atoms with E-state index in [-0.39, 0.29) is 12.0 Å². The molecule has 5 heteroatoms. The summed E-state index contributed by atoms with van der Waals surface area (Å²) >= 11 is 0. The number of ether oxygens (including phenoxy) is 2. The van der Waals surface area contributed by atoms with Crippen LogP contribution in [0.2, 0.25) is 0 Å². The summed E-state index contributed by atoms with van der Waals surface area (Å²) in [4.78, 5) is 11.6. The monoisotopic (exact) mass is 258 g/mol. The molecule has 1 atom stereocenters. The average Bonchev–Trinajstić information content (AvgIpc) is 2.61. The largest absolute Gasteiger partial charge is 0.353 e. The summed E-state index contributed by atoms with van der Waals surface area (Å²) in [6.07, 6.45) is 1.38. The number of carbonyl (C=O) groups is 1. The molecule has 18 heavy (non-hydrogen) atoms. The summed E-state index contributed by atoms with van der Waals surface area (Å²) in [5.74, 6) is -0.440. The van der Waals surface area contributed by atoms with Crippen molar-refractivity contribution in [2.24, 2.45) is 0 Å². The van der Waals surface area contributed by atoms with Crippen molar-refractivity contribution in [2.75, 3.05) is 19.7 Å². The molecule has 1 heterocycles. The number of carbonyl (C=O) groups excluding carboxylic acids is 1. The molecular formula is C13H26N2O3. The van der Waals surface area contributed by atoms with Gasteiger partial charge in [-0.15, -0.1) is 0 Å². The van der Waals surface area contributed by atoms with Gasteiger partial charge >= 0.3 is 0 Å². The molecule has 0 aromatic heterocycles. The minimum Gasteiger partial charge on any atom is -0.353 e. The molecule has 2 N–H and O–H groups in total. The molecule has 1 saturated heterocycles. The second-order valence-electron chi connectivity index (χ2n) is 5.47. The van der Waals surface area contributed by atoms with E-state index in [0.717, 1.165) is 13.0 Å². The smallest absolute Gasteiger partial charge is 0.220 e. The van der Waals surface area contributed by atoms with Crippen LogP contribution < -0.4 is 10.6 Å². The molecular weight excluding hydrogens is 232 g/mol. The molecule has 0 bridgehead atoms. The van der Waals surface area contributed by atoms with Gasteiger partial charge in [-0.1, -0.05) is 13.8 Å². The van der Waals surface area contributed by atoms with Crippen LogP contribution in [0.15, 0.2) is 0 Å². The van der Waals surface area contributed by atoms with E-state index in [9.17, 15) is 4.79 Å². The van der Waals surface area contributed by atoms with Gasteiger partial charge in [0.15, 0.2) is 5.79 Å². The number of nitrogens with one attached hydrogen (secondary N) is 2. The van der Waals surface area contributed by atoms with Crippen LogP contribution in [-0.4, -0.2) is 43.5 Å². The first kappa shape index (κ1) is 15.4. The molecule has 0 radical (unpaired) electrons. The van der Waals surface area contributed by atoms with Crippen molar-refractivity contribution in [1.29, 1.82) is 0 Å². The minimum atomic E-state index is -0.517. The van der Waals surface area contributed by atoms with Crippen LogP contribution in [0.1, 0.15) is 40.5 Å². The van der Waals surface area contributed by atoms with Crippen LogP contribution in [0.25, 0.3) is 0 Å². The Bertz CT molecular complexity index is 267. The predicted octanol–water partition coefficient (Wildman–Crippen LogP) is 1.03. The van der Waals surface area contributed by atoms with Crippen LogP contribution in [0, 0.1) is 0 Å². The maximum Gasteiger partial charge on any atom is 0.220 e. The predicted molar refractivity (Wildman–Crippen MR) is 70.3 cm³/mol. The molecule has 0 saturated carbocycles. The Labute approximate surface area is 110 Å². The third-order valence-corrected chi connectivity index (χ3v) is 2.73. The zero-order valence-corrected chi connectivity index (χ0v) is 11.9. The fourth-order valence-electron chi connectivity index (χ4n) is 1.82. The Morgan fingerprint density at radius 1 is 1.44 bits per heavy atom. The van der Waals surface area contributed by atoms with E-state index in [2.05, 4.69) is 24.5 Å². The summed E-state index contributed by atoms with van der Waals surface area (Å²) in [5.41, 5.74) is 0. The van der Waals surface area contributed by atoms with Gasteiger partial charge in [-0.25, -0.2) is 0 Å². The summed E-state index contributed by atoms with van der Waals surface area (Å²) < 4.78 is 11.0. The summed E-state index contributed by atoms with van der Waals surface area (Å²) in [5, 5.41) is 6.16. The number of hydrogen-bond donors (Lipinski definition) is 2. The number of hydrogen-bond acceptors (Lipinski definition) is 4. The molecule has 1 fully saturated rings. The van der Waals surface area contributed by atoms with Gasteiger partial charge in [0, 0.05) is 19.0 Å². The van der Waals surface area contributed by atoms with Crippen LogP contribution in [0.3, 0.4) is 0 Å². The summed E-state index contributed by atoms with van der Waals surface area (Å²) in [7, 11) is 0. The van der Waals surface area contributed by atoms with E-state index >= 15 is 0 Å². The highest BCUT2D eigenvalue weighted by Gasteiger charge is 2.32. The molecule has 1 amide bonds. The maximum absolute atomic E-state index is 11.6. The highest BCUT2D eigenvalue weighted by molar-refractivity contribution is 5.75. The first-order chi connectivity index (χ1) is 8.39. The van der Waals surface area contributed by atoms with E-state index in [1.165, 1.54) is 0 Å². The van der Waals surface area contributed by atoms with Gasteiger partial charge in [0.25, 0.3) is 0 Å². The highest BCUT2D eigenvalue weighted by atomic mass is 16.7. The van der Waals surface area contributed by atoms with Crippen LogP contribution in [-0.2, 0) is 14.3 Å². The number of rotatable bonds is 7. The number of amides is 1. The minimum absolute atomic E-state index is 0.0299. The maximum atomic E-state index is 11.6. The van der Waals surface area contributed by atoms with E-state index in [1.54, 1.807) is 0 Å². The molecule has 0 aromatic rings. The first-order valence-corrected chi connectivity index (χ1v) is 6.71. The van der Waals surface area contributed by atoms with Crippen molar-refractivity contribution < 1.29 is 14.3 Å². The Morgan fingerprint density at radius 3 is 2.72 bits per heavy atom. The first-order valence-electron chi connectivity index (χ1n) is 6.71. The van der Waals surface area contributed by atoms with E-state index in [4.69, 9.17) is 9.47 Å². The third-order valence-electron chi connectivity index (χ3n) is 2.73. The molecule has 5 nitrogen and oxygen atoms in total. The standard InChI is InChI=1S/C13H26N2O3/c1-10(2)14-7-5-6-12(16)15-8-11-9-17-13(3,4)18-11/h10-11,14H,5-9H2,1-4H3,(H,15,16). The fraction of sp³-hybridized carbons (Fsp3) is 0.923. The fourth-order valence-corrected chi connectivity index (χ4v) is 1.82. The summed E-state index contributed by atoms with van der Waals surface area (Å²) in [6, 6.07) is 0.472.